The van der Waals surface area contributed by atoms with Crippen LogP contribution in [0.3, 0.4) is 0 Å². The van der Waals surface area contributed by atoms with Crippen LogP contribution in [0.2, 0.25) is 0 Å². The number of fused-ring (bicyclic) bond motifs is 1. The Labute approximate surface area is 225 Å². The molecule has 0 amide bonds. The van der Waals surface area contributed by atoms with Crippen molar-refractivity contribution in [1.82, 2.24) is 14.8 Å². The maximum absolute atomic E-state index is 13.6. The number of ketones is 1. The smallest absolute Gasteiger partial charge is 0.270 e. The molecule has 1 aromatic heterocycles. The molecule has 1 atom stereocenters. The van der Waals surface area contributed by atoms with Crippen molar-refractivity contribution in [2.24, 2.45) is 5.41 Å². The predicted molar refractivity (Wildman–Crippen MR) is 146 cm³/mol. The predicted octanol–water partition coefficient (Wildman–Crippen LogP) is 6.09. The number of nitro groups is 1. The molecule has 0 fully saturated rings. The molecule has 4 aromatic rings. The minimum absolute atomic E-state index is 0.0395. The standard InChI is InChI=1S/C30H27N5O4/c1-30(2)16-24-26(25(36)17-30)27(20-10-7-13-23(15-20)39-18-19-8-4-3-5-9-19)34-29(31-24)32-28(33-34)21-11-6-12-22(14-21)35(37)38/h3-15,27H,16-18H2,1-2H3,(H,31,32,33). The van der Waals surface area contributed by atoms with E-state index in [4.69, 9.17) is 14.8 Å². The number of carbonyl (C=O) groups is 1. The van der Waals surface area contributed by atoms with Gasteiger partial charge in [0.1, 0.15) is 18.4 Å². The van der Waals surface area contributed by atoms with Gasteiger partial charge in [0.05, 0.1) is 4.92 Å². The molecule has 9 heteroatoms. The average Bonchev–Trinajstić information content (AvgIpc) is 3.34. The summed E-state index contributed by atoms with van der Waals surface area (Å²) in [7, 11) is 0. The molecule has 39 heavy (non-hydrogen) atoms. The number of hydrogen-bond donors (Lipinski definition) is 1. The van der Waals surface area contributed by atoms with Crippen molar-refractivity contribution in [2.75, 3.05) is 5.32 Å². The van der Waals surface area contributed by atoms with Crippen molar-refractivity contribution < 1.29 is 14.5 Å². The molecular weight excluding hydrogens is 494 g/mol. The molecule has 9 nitrogen and oxygen atoms in total. The van der Waals surface area contributed by atoms with Gasteiger partial charge in [0, 0.05) is 35.4 Å². The molecular formula is C30H27N5O4. The van der Waals surface area contributed by atoms with Crippen molar-refractivity contribution >= 4 is 17.4 Å². The molecule has 0 radical (unpaired) electrons. The number of nitrogens with zero attached hydrogens (tertiary/aromatic N) is 4. The van der Waals surface area contributed by atoms with Gasteiger partial charge in [-0.05, 0) is 35.1 Å². The van der Waals surface area contributed by atoms with Crippen LogP contribution in [0.4, 0.5) is 11.6 Å². The lowest BCUT2D eigenvalue weighted by atomic mass is 9.73. The van der Waals surface area contributed by atoms with E-state index in [9.17, 15) is 14.9 Å². The van der Waals surface area contributed by atoms with Crippen molar-refractivity contribution in [3.63, 3.8) is 0 Å². The number of rotatable bonds is 6. The lowest BCUT2D eigenvalue weighted by Gasteiger charge is -2.38. The lowest BCUT2D eigenvalue weighted by Crippen LogP contribution is -2.36. The highest BCUT2D eigenvalue weighted by atomic mass is 16.6. The van der Waals surface area contributed by atoms with E-state index in [-0.39, 0.29) is 16.9 Å². The number of benzene rings is 3. The van der Waals surface area contributed by atoms with Crippen molar-refractivity contribution in [3.05, 3.63) is 111 Å². The third kappa shape index (κ3) is 4.79. The number of Topliss-reactive ketones (excluding diaryl/α,β-unsaturated/α-hetero) is 1. The number of anilines is 1. The number of nitro benzene ring substituents is 1. The summed E-state index contributed by atoms with van der Waals surface area (Å²) in [6, 6.07) is 23.4. The van der Waals surface area contributed by atoms with Gasteiger partial charge in [-0.1, -0.05) is 68.4 Å². The monoisotopic (exact) mass is 521 g/mol. The second-order valence-corrected chi connectivity index (χ2v) is 10.7. The Morgan fingerprint density at radius 3 is 2.64 bits per heavy atom. The number of hydrogen-bond acceptors (Lipinski definition) is 7. The molecule has 1 aliphatic heterocycles. The normalized spacial score (nSPS) is 17.7. The first-order valence-electron chi connectivity index (χ1n) is 12.8. The molecule has 0 bridgehead atoms. The highest BCUT2D eigenvalue weighted by molar-refractivity contribution is 6.00. The summed E-state index contributed by atoms with van der Waals surface area (Å²) in [5, 5.41) is 19.5. The van der Waals surface area contributed by atoms with E-state index in [2.05, 4.69) is 19.2 Å². The Kier molecular flexibility index (Phi) is 5.98. The molecule has 2 aliphatic rings. The number of non-ortho nitro benzene ring substituents is 1. The topological polar surface area (TPSA) is 112 Å². The van der Waals surface area contributed by atoms with Crippen LogP contribution in [-0.2, 0) is 11.4 Å². The molecule has 0 spiro atoms. The summed E-state index contributed by atoms with van der Waals surface area (Å²) in [4.78, 5) is 29.2. The average molecular weight is 522 g/mol. The van der Waals surface area contributed by atoms with Crippen molar-refractivity contribution in [3.8, 4) is 17.1 Å². The zero-order valence-electron chi connectivity index (χ0n) is 21.6. The third-order valence-electron chi connectivity index (χ3n) is 7.07. The van der Waals surface area contributed by atoms with Crippen molar-refractivity contribution in [2.45, 2.75) is 39.3 Å². The van der Waals surface area contributed by atoms with Crippen LogP contribution in [0.5, 0.6) is 5.75 Å². The van der Waals surface area contributed by atoms with E-state index in [1.165, 1.54) is 12.1 Å². The summed E-state index contributed by atoms with van der Waals surface area (Å²) in [6.45, 7) is 4.58. The fourth-order valence-corrected chi connectivity index (χ4v) is 5.31. The first-order valence-corrected chi connectivity index (χ1v) is 12.8. The minimum atomic E-state index is -0.514. The summed E-state index contributed by atoms with van der Waals surface area (Å²) in [5.74, 6) is 1.57. The fourth-order valence-electron chi connectivity index (χ4n) is 5.31. The van der Waals surface area contributed by atoms with Crippen LogP contribution in [0, 0.1) is 15.5 Å². The molecule has 0 saturated carbocycles. The van der Waals surface area contributed by atoms with Gasteiger partial charge in [-0.2, -0.15) is 4.98 Å². The van der Waals surface area contributed by atoms with Crippen LogP contribution < -0.4 is 10.1 Å². The van der Waals surface area contributed by atoms with Crippen LogP contribution in [0.15, 0.2) is 90.1 Å². The summed E-state index contributed by atoms with van der Waals surface area (Å²) >= 11 is 0. The number of allylic oxidation sites excluding steroid dienone is 2. The Hall–Kier alpha value is -4.79. The Balaban J connectivity index is 1.42. The largest absolute Gasteiger partial charge is 0.489 e. The lowest BCUT2D eigenvalue weighted by molar-refractivity contribution is -0.384. The van der Waals surface area contributed by atoms with E-state index in [1.54, 1.807) is 16.8 Å². The van der Waals surface area contributed by atoms with Crippen molar-refractivity contribution in [1.29, 1.82) is 0 Å². The van der Waals surface area contributed by atoms with E-state index in [1.807, 2.05) is 54.6 Å². The van der Waals surface area contributed by atoms with Gasteiger partial charge in [0.2, 0.25) is 5.95 Å². The first kappa shape index (κ1) is 24.5. The van der Waals surface area contributed by atoms with Gasteiger partial charge in [-0.15, -0.1) is 5.10 Å². The SMILES string of the molecule is CC1(C)CC(=O)C2=C(C1)Nc1nc(-c3cccc([N+](=O)[O-])c3)nn1C2c1cccc(OCc2ccccc2)c1. The highest BCUT2D eigenvalue weighted by Gasteiger charge is 2.42. The first-order chi connectivity index (χ1) is 18.8. The molecule has 196 valence electrons. The van der Waals surface area contributed by atoms with Crippen LogP contribution >= 0.6 is 0 Å². The molecule has 6 rings (SSSR count). The maximum atomic E-state index is 13.6. The van der Waals surface area contributed by atoms with E-state index >= 15 is 0 Å². The fraction of sp³-hybridized carbons (Fsp3) is 0.233. The van der Waals surface area contributed by atoms with E-state index < -0.39 is 11.0 Å². The van der Waals surface area contributed by atoms with Crippen LogP contribution in [-0.4, -0.2) is 25.5 Å². The molecule has 1 aliphatic carbocycles. The summed E-state index contributed by atoms with van der Waals surface area (Å²) in [6.07, 6.45) is 1.11. The van der Waals surface area contributed by atoms with Crippen LogP contribution in [0.1, 0.15) is 43.9 Å². The number of aromatic nitrogens is 3. The second kappa shape index (κ2) is 9.50. The van der Waals surface area contributed by atoms with Crippen LogP contribution in [0.25, 0.3) is 11.4 Å². The number of ether oxygens (including phenoxy) is 1. The zero-order chi connectivity index (χ0) is 27.1. The third-order valence-corrected chi connectivity index (χ3v) is 7.07. The molecule has 1 N–H and O–H groups in total. The molecule has 3 aromatic carbocycles. The Bertz CT molecular complexity index is 1620. The van der Waals surface area contributed by atoms with Gasteiger partial charge in [0.25, 0.3) is 5.69 Å². The Morgan fingerprint density at radius 2 is 1.85 bits per heavy atom. The van der Waals surface area contributed by atoms with Gasteiger partial charge < -0.3 is 10.1 Å². The quantitative estimate of drug-likeness (QED) is 0.241. The number of carbonyl (C=O) groups excluding carboxylic acids is 1. The van der Waals surface area contributed by atoms with Gasteiger partial charge in [0.15, 0.2) is 11.6 Å². The highest BCUT2D eigenvalue weighted by Crippen LogP contribution is 2.46. The maximum Gasteiger partial charge on any atom is 0.270 e. The molecule has 1 unspecified atom stereocenters. The minimum Gasteiger partial charge on any atom is -0.489 e. The van der Waals surface area contributed by atoms with Gasteiger partial charge in [-0.3, -0.25) is 14.9 Å². The van der Waals surface area contributed by atoms with E-state index in [0.29, 0.717) is 48.1 Å². The zero-order valence-corrected chi connectivity index (χ0v) is 21.6. The van der Waals surface area contributed by atoms with E-state index in [0.717, 1.165) is 16.8 Å². The summed E-state index contributed by atoms with van der Waals surface area (Å²) < 4.78 is 7.80. The second-order valence-electron chi connectivity index (χ2n) is 10.7. The molecule has 2 heterocycles. The van der Waals surface area contributed by atoms with Gasteiger partial charge >= 0.3 is 0 Å². The summed E-state index contributed by atoms with van der Waals surface area (Å²) in [5.41, 5.74) is 3.69. The Morgan fingerprint density at radius 1 is 1.05 bits per heavy atom. The van der Waals surface area contributed by atoms with Gasteiger partial charge in [-0.25, -0.2) is 4.68 Å². The molecule has 0 saturated heterocycles. The number of nitrogens with one attached hydrogen (secondary N) is 1.